The molecule has 0 radical (unpaired) electrons. The van der Waals surface area contributed by atoms with Crippen molar-refractivity contribution in [1.82, 2.24) is 4.90 Å². The van der Waals surface area contributed by atoms with Crippen molar-refractivity contribution in [1.29, 1.82) is 0 Å². The lowest BCUT2D eigenvalue weighted by Gasteiger charge is -2.41. The summed E-state index contributed by atoms with van der Waals surface area (Å²) in [5.74, 6) is 0.164. The molecule has 1 saturated carbocycles. The molecule has 5 heteroatoms. The Kier molecular flexibility index (Phi) is 5.19. The van der Waals surface area contributed by atoms with E-state index in [1.807, 2.05) is 29.2 Å². The predicted octanol–water partition coefficient (Wildman–Crippen LogP) is 2.71. The molecular weight excluding hydrogens is 304 g/mol. The molecule has 130 valence electrons. The third-order valence-corrected chi connectivity index (χ3v) is 5.17. The highest BCUT2D eigenvalue weighted by molar-refractivity contribution is 5.90. The molecule has 2 amide bonds. The minimum absolute atomic E-state index is 0.0838. The zero-order valence-corrected chi connectivity index (χ0v) is 14.3. The summed E-state index contributed by atoms with van der Waals surface area (Å²) in [6.45, 7) is 4.13. The molecule has 1 saturated heterocycles. The number of benzene rings is 1. The predicted molar refractivity (Wildman–Crippen MR) is 92.9 cm³/mol. The van der Waals surface area contributed by atoms with E-state index in [0.29, 0.717) is 26.3 Å². The normalized spacial score (nSPS) is 20.5. The van der Waals surface area contributed by atoms with Crippen LogP contribution in [0, 0.1) is 0 Å². The number of hydrogen-bond acceptors (Lipinski definition) is 3. The molecule has 1 aliphatic carbocycles. The number of nitrogens with one attached hydrogen (secondary N) is 1. The number of morpholine rings is 1. The fourth-order valence-electron chi connectivity index (χ4n) is 3.93. The maximum absolute atomic E-state index is 13.3. The molecule has 5 nitrogen and oxygen atoms in total. The van der Waals surface area contributed by atoms with Crippen LogP contribution < -0.4 is 5.32 Å². The first-order valence-corrected chi connectivity index (χ1v) is 8.87. The molecule has 24 heavy (non-hydrogen) atoms. The maximum Gasteiger partial charge on any atom is 0.233 e. The average molecular weight is 330 g/mol. The van der Waals surface area contributed by atoms with Gasteiger partial charge >= 0.3 is 0 Å². The SMILES string of the molecule is CC(=O)Nc1ccc(C2(C(=O)N3CCOCC3)CCCCC2)cc1. The summed E-state index contributed by atoms with van der Waals surface area (Å²) < 4.78 is 5.39. The van der Waals surface area contributed by atoms with Crippen LogP contribution in [0.2, 0.25) is 0 Å². The Bertz CT molecular complexity index is 585. The van der Waals surface area contributed by atoms with Crippen LogP contribution in [-0.2, 0) is 19.7 Å². The van der Waals surface area contributed by atoms with E-state index >= 15 is 0 Å². The molecular formula is C19H26N2O3. The average Bonchev–Trinajstić information content (AvgIpc) is 2.62. The van der Waals surface area contributed by atoms with Gasteiger partial charge in [-0.25, -0.2) is 0 Å². The van der Waals surface area contributed by atoms with Gasteiger partial charge in [-0.3, -0.25) is 9.59 Å². The molecule has 1 aliphatic heterocycles. The Morgan fingerprint density at radius 1 is 1.04 bits per heavy atom. The molecule has 0 spiro atoms. The van der Waals surface area contributed by atoms with Gasteiger partial charge in [-0.1, -0.05) is 31.4 Å². The van der Waals surface area contributed by atoms with E-state index in [4.69, 9.17) is 4.74 Å². The van der Waals surface area contributed by atoms with Gasteiger partial charge in [0.15, 0.2) is 0 Å². The summed E-state index contributed by atoms with van der Waals surface area (Å²) in [5, 5.41) is 2.79. The van der Waals surface area contributed by atoms with E-state index in [0.717, 1.165) is 36.9 Å². The molecule has 1 heterocycles. The molecule has 2 fully saturated rings. The quantitative estimate of drug-likeness (QED) is 0.927. The number of carbonyl (C=O) groups excluding carboxylic acids is 2. The molecule has 1 aromatic carbocycles. The Morgan fingerprint density at radius 3 is 2.25 bits per heavy atom. The second-order valence-corrected chi connectivity index (χ2v) is 6.81. The van der Waals surface area contributed by atoms with E-state index in [1.165, 1.54) is 13.3 Å². The second kappa shape index (κ2) is 7.34. The zero-order valence-electron chi connectivity index (χ0n) is 14.3. The van der Waals surface area contributed by atoms with Crippen LogP contribution in [0.25, 0.3) is 0 Å². The lowest BCUT2D eigenvalue weighted by molar-refractivity contribution is -0.143. The lowest BCUT2D eigenvalue weighted by Crippen LogP contribution is -2.51. The topological polar surface area (TPSA) is 58.6 Å². The number of anilines is 1. The largest absolute Gasteiger partial charge is 0.378 e. The Morgan fingerprint density at radius 2 is 1.67 bits per heavy atom. The summed E-state index contributed by atoms with van der Waals surface area (Å²) in [6, 6.07) is 7.82. The van der Waals surface area contributed by atoms with Crippen molar-refractivity contribution >= 4 is 17.5 Å². The molecule has 2 aliphatic rings. The van der Waals surface area contributed by atoms with Gasteiger partial charge in [0.1, 0.15) is 0 Å². The minimum Gasteiger partial charge on any atom is -0.378 e. The van der Waals surface area contributed by atoms with Gasteiger partial charge in [0.2, 0.25) is 11.8 Å². The van der Waals surface area contributed by atoms with Gasteiger partial charge in [0, 0.05) is 25.7 Å². The first-order chi connectivity index (χ1) is 11.6. The summed E-state index contributed by atoms with van der Waals surface area (Å²) in [4.78, 5) is 26.5. The highest BCUT2D eigenvalue weighted by Gasteiger charge is 2.43. The van der Waals surface area contributed by atoms with Crippen molar-refractivity contribution in [2.24, 2.45) is 0 Å². The maximum atomic E-state index is 13.3. The summed E-state index contributed by atoms with van der Waals surface area (Å²) in [5.41, 5.74) is 1.44. The molecule has 1 aromatic rings. The minimum atomic E-state index is -0.412. The zero-order chi connectivity index (χ0) is 17.0. The van der Waals surface area contributed by atoms with E-state index in [2.05, 4.69) is 5.32 Å². The molecule has 0 aromatic heterocycles. The van der Waals surface area contributed by atoms with E-state index in [9.17, 15) is 9.59 Å². The number of ether oxygens (including phenoxy) is 1. The highest BCUT2D eigenvalue weighted by Crippen LogP contribution is 2.41. The number of nitrogens with zero attached hydrogens (tertiary/aromatic N) is 1. The van der Waals surface area contributed by atoms with Crippen LogP contribution >= 0.6 is 0 Å². The number of hydrogen-bond donors (Lipinski definition) is 1. The van der Waals surface area contributed by atoms with Gasteiger partial charge < -0.3 is 15.0 Å². The first kappa shape index (κ1) is 17.0. The van der Waals surface area contributed by atoms with Gasteiger partial charge in [0.25, 0.3) is 0 Å². The van der Waals surface area contributed by atoms with Crippen LogP contribution in [0.3, 0.4) is 0 Å². The number of rotatable bonds is 3. The van der Waals surface area contributed by atoms with Gasteiger partial charge in [0.05, 0.1) is 18.6 Å². The van der Waals surface area contributed by atoms with Gasteiger partial charge in [-0.15, -0.1) is 0 Å². The molecule has 0 unspecified atom stereocenters. The third kappa shape index (κ3) is 3.46. The van der Waals surface area contributed by atoms with Crippen LogP contribution in [0.5, 0.6) is 0 Å². The highest BCUT2D eigenvalue weighted by atomic mass is 16.5. The van der Waals surface area contributed by atoms with E-state index in [-0.39, 0.29) is 11.8 Å². The van der Waals surface area contributed by atoms with Gasteiger partial charge in [-0.2, -0.15) is 0 Å². The van der Waals surface area contributed by atoms with Crippen molar-refractivity contribution in [3.8, 4) is 0 Å². The lowest BCUT2D eigenvalue weighted by atomic mass is 9.68. The van der Waals surface area contributed by atoms with E-state index < -0.39 is 5.41 Å². The second-order valence-electron chi connectivity index (χ2n) is 6.81. The molecule has 1 N–H and O–H groups in total. The third-order valence-electron chi connectivity index (χ3n) is 5.17. The molecule has 0 atom stereocenters. The summed E-state index contributed by atoms with van der Waals surface area (Å²) in [7, 11) is 0. The first-order valence-electron chi connectivity index (χ1n) is 8.87. The van der Waals surface area contributed by atoms with Crippen LogP contribution in [0.1, 0.15) is 44.6 Å². The molecule has 0 bridgehead atoms. The van der Waals surface area contributed by atoms with Crippen molar-refractivity contribution in [2.75, 3.05) is 31.6 Å². The van der Waals surface area contributed by atoms with Crippen molar-refractivity contribution < 1.29 is 14.3 Å². The Labute approximate surface area is 143 Å². The van der Waals surface area contributed by atoms with Crippen molar-refractivity contribution in [3.05, 3.63) is 29.8 Å². The smallest absolute Gasteiger partial charge is 0.233 e. The summed E-state index contributed by atoms with van der Waals surface area (Å²) >= 11 is 0. The van der Waals surface area contributed by atoms with Crippen molar-refractivity contribution in [2.45, 2.75) is 44.4 Å². The van der Waals surface area contributed by atoms with Crippen LogP contribution in [0.15, 0.2) is 24.3 Å². The Hall–Kier alpha value is -1.88. The fraction of sp³-hybridized carbons (Fsp3) is 0.579. The van der Waals surface area contributed by atoms with Gasteiger partial charge in [-0.05, 0) is 30.5 Å². The molecule has 3 rings (SSSR count). The Balaban J connectivity index is 1.87. The van der Waals surface area contributed by atoms with Crippen molar-refractivity contribution in [3.63, 3.8) is 0 Å². The van der Waals surface area contributed by atoms with E-state index in [1.54, 1.807) is 0 Å². The standard InChI is InChI=1S/C19H26N2O3/c1-15(22)20-17-7-5-16(6-8-17)19(9-3-2-4-10-19)18(23)21-11-13-24-14-12-21/h5-8H,2-4,9-14H2,1H3,(H,20,22). The fourth-order valence-corrected chi connectivity index (χ4v) is 3.93. The monoisotopic (exact) mass is 330 g/mol. The van der Waals surface area contributed by atoms with Crippen LogP contribution in [-0.4, -0.2) is 43.0 Å². The number of amides is 2. The summed E-state index contributed by atoms with van der Waals surface area (Å²) in [6.07, 6.45) is 5.18. The van der Waals surface area contributed by atoms with Crippen LogP contribution in [0.4, 0.5) is 5.69 Å². The number of carbonyl (C=O) groups is 2.